The lowest BCUT2D eigenvalue weighted by Crippen LogP contribution is -2.27. The van der Waals surface area contributed by atoms with Gasteiger partial charge < -0.3 is 20.5 Å². The smallest absolute Gasteiger partial charge is 0.263 e. The summed E-state index contributed by atoms with van der Waals surface area (Å²) >= 11 is 1.41. The first kappa shape index (κ1) is 22.4. The van der Waals surface area contributed by atoms with E-state index in [-0.39, 0.29) is 11.8 Å². The molecule has 32 heavy (non-hydrogen) atoms. The van der Waals surface area contributed by atoms with Gasteiger partial charge in [0.1, 0.15) is 9.71 Å². The van der Waals surface area contributed by atoms with Crippen LogP contribution in [-0.4, -0.2) is 31.7 Å². The molecule has 0 spiro atoms. The number of nitrogens with zero attached hydrogens (tertiary/aromatic N) is 1. The van der Waals surface area contributed by atoms with Crippen LogP contribution in [-0.2, 0) is 19.3 Å². The van der Waals surface area contributed by atoms with Crippen molar-refractivity contribution in [3.8, 4) is 11.5 Å². The number of carbonyl (C=O) groups excluding carboxylic acids is 1. The SMILES string of the molecule is CCCc1nc2sc(C(=O)NCC(C)c3ccc(OC)c(OC)c3)c(N)c2c2c1CCC2. The molecule has 1 aromatic carbocycles. The number of pyridine rings is 1. The Bertz CT molecular complexity index is 1160. The quantitative estimate of drug-likeness (QED) is 0.508. The van der Waals surface area contributed by atoms with Crippen molar-refractivity contribution in [1.29, 1.82) is 0 Å². The van der Waals surface area contributed by atoms with Gasteiger partial charge in [-0.1, -0.05) is 26.3 Å². The number of nitrogens with two attached hydrogens (primary N) is 1. The Morgan fingerprint density at radius 3 is 2.69 bits per heavy atom. The zero-order valence-corrected chi connectivity index (χ0v) is 20.0. The van der Waals surface area contributed by atoms with Crippen molar-refractivity contribution in [2.75, 3.05) is 26.5 Å². The minimum absolute atomic E-state index is 0.105. The molecule has 0 bridgehead atoms. The number of nitrogen functional groups attached to an aromatic ring is 1. The van der Waals surface area contributed by atoms with Crippen LogP contribution in [0.15, 0.2) is 18.2 Å². The van der Waals surface area contributed by atoms with Gasteiger partial charge in [-0.2, -0.15) is 0 Å². The van der Waals surface area contributed by atoms with Gasteiger partial charge in [-0.25, -0.2) is 4.98 Å². The summed E-state index contributed by atoms with van der Waals surface area (Å²) in [7, 11) is 3.24. The summed E-state index contributed by atoms with van der Waals surface area (Å²) in [5.41, 5.74) is 12.0. The molecule has 1 aliphatic rings. The van der Waals surface area contributed by atoms with E-state index in [1.165, 1.54) is 28.2 Å². The summed E-state index contributed by atoms with van der Waals surface area (Å²) in [5, 5.41) is 4.06. The van der Waals surface area contributed by atoms with Crippen LogP contribution in [0.2, 0.25) is 0 Å². The van der Waals surface area contributed by atoms with Gasteiger partial charge in [0.05, 0.1) is 19.9 Å². The molecule has 1 unspecified atom stereocenters. The first-order chi connectivity index (χ1) is 15.5. The Kier molecular flexibility index (Phi) is 6.55. The maximum Gasteiger partial charge on any atom is 0.263 e. The number of fused-ring (bicyclic) bond motifs is 3. The van der Waals surface area contributed by atoms with Crippen LogP contribution in [0.3, 0.4) is 0 Å². The average molecular weight is 454 g/mol. The monoisotopic (exact) mass is 453 g/mol. The maximum atomic E-state index is 13.1. The molecule has 3 N–H and O–H groups in total. The molecule has 1 amide bonds. The summed E-state index contributed by atoms with van der Waals surface area (Å²) < 4.78 is 10.7. The number of thiophene rings is 1. The number of aryl methyl sites for hydroxylation is 2. The molecule has 0 fully saturated rings. The minimum atomic E-state index is -0.137. The summed E-state index contributed by atoms with van der Waals surface area (Å²) in [6, 6.07) is 5.83. The highest BCUT2D eigenvalue weighted by molar-refractivity contribution is 7.21. The van der Waals surface area contributed by atoms with Gasteiger partial charge in [-0.3, -0.25) is 4.79 Å². The molecule has 0 saturated carbocycles. The molecule has 1 aliphatic carbocycles. The molecule has 0 radical (unpaired) electrons. The number of hydrogen-bond donors (Lipinski definition) is 2. The molecule has 1 atom stereocenters. The third-order valence-electron chi connectivity index (χ3n) is 6.27. The molecule has 0 aliphatic heterocycles. The van der Waals surface area contributed by atoms with Crippen LogP contribution in [0.1, 0.15) is 64.7 Å². The fourth-order valence-electron chi connectivity index (χ4n) is 4.55. The van der Waals surface area contributed by atoms with Crippen molar-refractivity contribution >= 4 is 33.1 Å². The highest BCUT2D eigenvalue weighted by Crippen LogP contribution is 2.40. The molecule has 2 heterocycles. The zero-order chi connectivity index (χ0) is 22.8. The third kappa shape index (κ3) is 4.01. The molecular formula is C25H31N3O3S. The predicted molar refractivity (Wildman–Crippen MR) is 130 cm³/mol. The van der Waals surface area contributed by atoms with Gasteiger partial charge in [0, 0.05) is 17.6 Å². The number of methoxy groups -OCH3 is 2. The highest BCUT2D eigenvalue weighted by Gasteiger charge is 2.26. The van der Waals surface area contributed by atoms with E-state index >= 15 is 0 Å². The summed E-state index contributed by atoms with van der Waals surface area (Å²) in [6.45, 7) is 4.74. The second-order valence-electron chi connectivity index (χ2n) is 8.37. The molecule has 0 saturated heterocycles. The number of rotatable bonds is 8. The normalized spacial score (nSPS) is 13.8. The standard InChI is InChI=1S/C25H31N3O3S/c1-5-7-18-16-8-6-9-17(16)21-22(26)23(32-25(21)28-18)24(29)27-13-14(2)15-10-11-19(30-3)20(12-15)31-4/h10-12,14H,5-9,13,26H2,1-4H3,(H,27,29). The molecule has 2 aromatic heterocycles. The fourth-order valence-corrected chi connectivity index (χ4v) is 5.61. The van der Waals surface area contributed by atoms with E-state index in [4.69, 9.17) is 20.2 Å². The summed E-state index contributed by atoms with van der Waals surface area (Å²) in [6.07, 6.45) is 5.25. The largest absolute Gasteiger partial charge is 0.493 e. The van der Waals surface area contributed by atoms with Gasteiger partial charge in [0.25, 0.3) is 5.91 Å². The predicted octanol–water partition coefficient (Wildman–Crippen LogP) is 4.87. The lowest BCUT2D eigenvalue weighted by Gasteiger charge is -2.15. The molecule has 170 valence electrons. The number of aromatic nitrogens is 1. The Labute approximate surface area is 193 Å². The van der Waals surface area contributed by atoms with Crippen LogP contribution >= 0.6 is 11.3 Å². The number of nitrogens with one attached hydrogen (secondary N) is 1. The van der Waals surface area contributed by atoms with Crippen molar-refractivity contribution < 1.29 is 14.3 Å². The Morgan fingerprint density at radius 2 is 1.97 bits per heavy atom. The first-order valence-electron chi connectivity index (χ1n) is 11.2. The van der Waals surface area contributed by atoms with Gasteiger partial charge in [0.15, 0.2) is 11.5 Å². The third-order valence-corrected chi connectivity index (χ3v) is 7.37. The van der Waals surface area contributed by atoms with Gasteiger partial charge in [-0.15, -0.1) is 11.3 Å². The van der Waals surface area contributed by atoms with E-state index in [1.54, 1.807) is 14.2 Å². The Morgan fingerprint density at radius 1 is 1.22 bits per heavy atom. The molecular weight excluding hydrogens is 422 g/mol. The Balaban J connectivity index is 1.55. The van der Waals surface area contributed by atoms with Crippen LogP contribution in [0.25, 0.3) is 10.2 Å². The topological polar surface area (TPSA) is 86.5 Å². The summed E-state index contributed by atoms with van der Waals surface area (Å²) in [5.74, 6) is 1.34. The van der Waals surface area contributed by atoms with Gasteiger partial charge in [0.2, 0.25) is 0 Å². The van der Waals surface area contributed by atoms with E-state index in [2.05, 4.69) is 19.2 Å². The maximum absolute atomic E-state index is 13.1. The molecule has 3 aromatic rings. The number of amides is 1. The Hall–Kier alpha value is -2.80. The van der Waals surface area contributed by atoms with Crippen molar-refractivity contribution in [1.82, 2.24) is 10.3 Å². The van der Waals surface area contributed by atoms with Crippen LogP contribution in [0.4, 0.5) is 5.69 Å². The van der Waals surface area contributed by atoms with E-state index in [1.807, 2.05) is 18.2 Å². The van der Waals surface area contributed by atoms with E-state index < -0.39 is 0 Å². The lowest BCUT2D eigenvalue weighted by atomic mass is 10.0. The fraction of sp³-hybridized carbons (Fsp3) is 0.440. The molecule has 7 heteroatoms. The van der Waals surface area contributed by atoms with Crippen molar-refractivity contribution in [2.45, 2.75) is 51.9 Å². The average Bonchev–Trinajstić information content (AvgIpc) is 3.41. The highest BCUT2D eigenvalue weighted by atomic mass is 32.1. The van der Waals surface area contributed by atoms with Crippen molar-refractivity contribution in [2.24, 2.45) is 0 Å². The van der Waals surface area contributed by atoms with Crippen LogP contribution < -0.4 is 20.5 Å². The van der Waals surface area contributed by atoms with E-state index in [0.717, 1.165) is 47.9 Å². The van der Waals surface area contributed by atoms with Gasteiger partial charge in [-0.05, 0) is 60.4 Å². The van der Waals surface area contributed by atoms with Crippen LogP contribution in [0.5, 0.6) is 11.5 Å². The number of benzene rings is 1. The van der Waals surface area contributed by atoms with Crippen LogP contribution in [0, 0.1) is 0 Å². The lowest BCUT2D eigenvalue weighted by molar-refractivity contribution is 0.0956. The zero-order valence-electron chi connectivity index (χ0n) is 19.2. The summed E-state index contributed by atoms with van der Waals surface area (Å²) in [4.78, 5) is 19.4. The molecule has 4 rings (SSSR count). The van der Waals surface area contributed by atoms with Crippen molar-refractivity contribution in [3.05, 3.63) is 45.5 Å². The second-order valence-corrected chi connectivity index (χ2v) is 9.37. The first-order valence-corrected chi connectivity index (χ1v) is 12.0. The minimum Gasteiger partial charge on any atom is -0.493 e. The van der Waals surface area contributed by atoms with E-state index in [0.29, 0.717) is 28.6 Å². The number of hydrogen-bond acceptors (Lipinski definition) is 6. The second kappa shape index (κ2) is 9.36. The number of ether oxygens (including phenoxy) is 2. The van der Waals surface area contributed by atoms with E-state index in [9.17, 15) is 4.79 Å². The van der Waals surface area contributed by atoms with Gasteiger partial charge >= 0.3 is 0 Å². The molecule has 6 nitrogen and oxygen atoms in total. The number of anilines is 1. The number of carbonyl (C=O) groups is 1. The van der Waals surface area contributed by atoms with Crippen molar-refractivity contribution in [3.63, 3.8) is 0 Å².